The first-order valence-electron chi connectivity index (χ1n) is 9.22. The van der Waals surface area contributed by atoms with Gasteiger partial charge >= 0.3 is 11.9 Å². The smallest absolute Gasteiger partial charge is 0.320 e. The van der Waals surface area contributed by atoms with Crippen molar-refractivity contribution in [1.82, 2.24) is 4.90 Å². The van der Waals surface area contributed by atoms with Gasteiger partial charge in [0, 0.05) is 6.04 Å². The molecule has 1 atom stereocenters. The first-order chi connectivity index (χ1) is 12.4. The number of hydrogen-bond donors (Lipinski definition) is 1. The fraction of sp³-hybridized carbons (Fsp3) is 0.619. The van der Waals surface area contributed by atoms with Gasteiger partial charge in [-0.05, 0) is 53.5 Å². The summed E-state index contributed by atoms with van der Waals surface area (Å²) in [5, 5.41) is 9.90. The van der Waals surface area contributed by atoms with Crippen LogP contribution in [-0.2, 0) is 25.5 Å². The molecule has 6 nitrogen and oxygen atoms in total. The summed E-state index contributed by atoms with van der Waals surface area (Å²) < 4.78 is 10.8. The molecular formula is C21H33NO5. The highest BCUT2D eigenvalue weighted by Gasteiger charge is 2.28. The molecule has 0 aromatic heterocycles. The van der Waals surface area contributed by atoms with E-state index in [0.717, 1.165) is 5.56 Å². The second kappa shape index (κ2) is 9.85. The highest BCUT2D eigenvalue weighted by molar-refractivity contribution is 5.75. The number of hydrogen-bond acceptors (Lipinski definition) is 6. The molecule has 0 heterocycles. The summed E-state index contributed by atoms with van der Waals surface area (Å²) in [4.78, 5) is 26.2. The topological polar surface area (TPSA) is 76.1 Å². The molecular weight excluding hydrogens is 346 g/mol. The average molecular weight is 379 g/mol. The molecule has 0 spiro atoms. The third-order valence-electron chi connectivity index (χ3n) is 3.55. The number of esters is 2. The highest BCUT2D eigenvalue weighted by Crippen LogP contribution is 2.14. The van der Waals surface area contributed by atoms with E-state index in [0.29, 0.717) is 6.42 Å². The van der Waals surface area contributed by atoms with E-state index in [-0.39, 0.29) is 19.7 Å². The second-order valence-electron chi connectivity index (χ2n) is 8.60. The van der Waals surface area contributed by atoms with Crippen molar-refractivity contribution in [2.45, 2.75) is 65.2 Å². The number of aliphatic hydroxyl groups excluding tert-OH is 1. The van der Waals surface area contributed by atoms with Crippen LogP contribution in [0.1, 0.15) is 47.1 Å². The van der Waals surface area contributed by atoms with Gasteiger partial charge in [-0.3, -0.25) is 14.5 Å². The van der Waals surface area contributed by atoms with Crippen LogP contribution in [0, 0.1) is 0 Å². The molecule has 0 aliphatic rings. The molecule has 152 valence electrons. The molecule has 1 rings (SSSR count). The van der Waals surface area contributed by atoms with Gasteiger partial charge in [-0.2, -0.15) is 0 Å². The lowest BCUT2D eigenvalue weighted by Crippen LogP contribution is -2.47. The normalized spacial score (nSPS) is 13.3. The van der Waals surface area contributed by atoms with E-state index in [1.165, 1.54) is 0 Å². The maximum atomic E-state index is 12.3. The van der Waals surface area contributed by atoms with Gasteiger partial charge in [-0.15, -0.1) is 0 Å². The Morgan fingerprint density at radius 2 is 1.37 bits per heavy atom. The van der Waals surface area contributed by atoms with Crippen LogP contribution in [0.2, 0.25) is 0 Å². The number of ether oxygens (including phenoxy) is 2. The van der Waals surface area contributed by atoms with E-state index in [1.54, 1.807) is 46.4 Å². The standard InChI is InChI=1S/C21H33NO5/c1-20(2,3)26-18(24)13-22(14-19(25)27-21(4,5)6)17(15-23)12-16-10-8-7-9-11-16/h7-11,17,23H,12-15H2,1-6H3/t17-/m1/s1. The molecule has 27 heavy (non-hydrogen) atoms. The summed E-state index contributed by atoms with van der Waals surface area (Å²) in [6.07, 6.45) is 0.503. The first kappa shape index (κ1) is 23.1. The van der Waals surface area contributed by atoms with Crippen molar-refractivity contribution in [1.29, 1.82) is 0 Å². The molecule has 1 aromatic carbocycles. The minimum absolute atomic E-state index is 0.103. The van der Waals surface area contributed by atoms with Crippen molar-refractivity contribution in [2.75, 3.05) is 19.7 Å². The van der Waals surface area contributed by atoms with E-state index in [1.807, 2.05) is 30.3 Å². The fourth-order valence-electron chi connectivity index (χ4n) is 2.59. The Hall–Kier alpha value is -1.92. The molecule has 0 fully saturated rings. The maximum absolute atomic E-state index is 12.3. The Labute approximate surface area is 162 Å². The minimum atomic E-state index is -0.622. The van der Waals surface area contributed by atoms with Crippen molar-refractivity contribution in [3.05, 3.63) is 35.9 Å². The molecule has 0 radical (unpaired) electrons. The van der Waals surface area contributed by atoms with Gasteiger partial charge in [0.1, 0.15) is 11.2 Å². The molecule has 0 aliphatic heterocycles. The van der Waals surface area contributed by atoms with Gasteiger partial charge in [-0.25, -0.2) is 0 Å². The predicted molar refractivity (Wildman–Crippen MR) is 104 cm³/mol. The van der Waals surface area contributed by atoms with Crippen LogP contribution in [0.4, 0.5) is 0 Å². The Balaban J connectivity index is 2.92. The zero-order valence-corrected chi connectivity index (χ0v) is 17.3. The number of benzene rings is 1. The monoisotopic (exact) mass is 379 g/mol. The largest absolute Gasteiger partial charge is 0.459 e. The molecule has 1 N–H and O–H groups in total. The molecule has 1 aromatic rings. The summed E-state index contributed by atoms with van der Waals surface area (Å²) in [5.74, 6) is -0.893. The first-order valence-corrected chi connectivity index (χ1v) is 9.22. The number of aliphatic hydroxyl groups is 1. The van der Waals surface area contributed by atoms with E-state index in [2.05, 4.69) is 0 Å². The Kier molecular flexibility index (Phi) is 8.44. The molecule has 0 aliphatic carbocycles. The molecule has 0 bridgehead atoms. The summed E-state index contributed by atoms with van der Waals surface area (Å²) in [6, 6.07) is 9.22. The Morgan fingerprint density at radius 3 is 1.74 bits per heavy atom. The van der Waals surface area contributed by atoms with E-state index >= 15 is 0 Å². The minimum Gasteiger partial charge on any atom is -0.459 e. The van der Waals surface area contributed by atoms with Gasteiger partial charge in [-0.1, -0.05) is 30.3 Å². The molecule has 6 heteroatoms. The number of nitrogens with zero attached hydrogens (tertiary/aromatic N) is 1. The molecule has 0 saturated carbocycles. The van der Waals surface area contributed by atoms with E-state index in [4.69, 9.17) is 9.47 Å². The second-order valence-corrected chi connectivity index (χ2v) is 8.60. The van der Waals surface area contributed by atoms with Gasteiger partial charge in [0.2, 0.25) is 0 Å². The van der Waals surface area contributed by atoms with Crippen LogP contribution >= 0.6 is 0 Å². The van der Waals surface area contributed by atoms with Crippen LogP contribution in [0.5, 0.6) is 0 Å². The Bertz CT molecular complexity index is 571. The summed E-state index contributed by atoms with van der Waals surface area (Å²) in [7, 11) is 0. The van der Waals surface area contributed by atoms with Crippen LogP contribution in [0.3, 0.4) is 0 Å². The number of carbonyl (C=O) groups excluding carboxylic acids is 2. The number of carbonyl (C=O) groups is 2. The van der Waals surface area contributed by atoms with E-state index < -0.39 is 29.2 Å². The fourth-order valence-corrected chi connectivity index (χ4v) is 2.59. The molecule has 0 unspecified atom stereocenters. The van der Waals surface area contributed by atoms with Crippen LogP contribution in [-0.4, -0.2) is 58.9 Å². The maximum Gasteiger partial charge on any atom is 0.320 e. The lowest BCUT2D eigenvalue weighted by molar-refractivity contribution is -0.161. The van der Waals surface area contributed by atoms with Gasteiger partial charge in [0.05, 0.1) is 19.7 Å². The summed E-state index contributed by atoms with van der Waals surface area (Å²) in [6.45, 7) is 10.3. The zero-order valence-electron chi connectivity index (χ0n) is 17.3. The van der Waals surface area contributed by atoms with Gasteiger partial charge in [0.15, 0.2) is 0 Å². The van der Waals surface area contributed by atoms with Gasteiger partial charge < -0.3 is 14.6 Å². The third kappa shape index (κ3) is 10.1. The lowest BCUT2D eigenvalue weighted by Gasteiger charge is -2.31. The van der Waals surface area contributed by atoms with Gasteiger partial charge in [0.25, 0.3) is 0 Å². The van der Waals surface area contributed by atoms with Crippen LogP contribution in [0.15, 0.2) is 30.3 Å². The van der Waals surface area contributed by atoms with Crippen molar-refractivity contribution < 1.29 is 24.2 Å². The van der Waals surface area contributed by atoms with Crippen LogP contribution < -0.4 is 0 Å². The molecule has 0 amide bonds. The zero-order chi connectivity index (χ0) is 20.7. The lowest BCUT2D eigenvalue weighted by atomic mass is 10.0. The third-order valence-corrected chi connectivity index (χ3v) is 3.55. The predicted octanol–water partition coefficient (Wildman–Crippen LogP) is 2.58. The summed E-state index contributed by atoms with van der Waals surface area (Å²) >= 11 is 0. The Morgan fingerprint density at radius 1 is 0.926 bits per heavy atom. The van der Waals surface area contributed by atoms with Crippen molar-refractivity contribution in [3.63, 3.8) is 0 Å². The average Bonchev–Trinajstić information content (AvgIpc) is 2.49. The SMILES string of the molecule is CC(C)(C)OC(=O)CN(CC(=O)OC(C)(C)C)[C@@H](CO)Cc1ccccc1. The van der Waals surface area contributed by atoms with Crippen LogP contribution in [0.25, 0.3) is 0 Å². The van der Waals surface area contributed by atoms with Crippen molar-refractivity contribution in [3.8, 4) is 0 Å². The van der Waals surface area contributed by atoms with Crippen molar-refractivity contribution in [2.24, 2.45) is 0 Å². The highest BCUT2D eigenvalue weighted by atomic mass is 16.6. The van der Waals surface area contributed by atoms with E-state index in [9.17, 15) is 14.7 Å². The van der Waals surface area contributed by atoms with Crippen molar-refractivity contribution >= 4 is 11.9 Å². The number of rotatable bonds is 8. The quantitative estimate of drug-likeness (QED) is 0.700. The summed E-state index contributed by atoms with van der Waals surface area (Å²) in [5.41, 5.74) is -0.235. The molecule has 0 saturated heterocycles.